The van der Waals surface area contributed by atoms with Crippen LogP contribution in [0.2, 0.25) is 0 Å². The van der Waals surface area contributed by atoms with E-state index >= 15 is 0 Å². The fourth-order valence-corrected chi connectivity index (χ4v) is 2.82. The first-order valence-electron chi connectivity index (χ1n) is 6.83. The molecule has 4 heteroatoms. The average Bonchev–Trinajstić information content (AvgIpc) is 2.93. The minimum absolute atomic E-state index is 0.0680. The highest BCUT2D eigenvalue weighted by atomic mass is 79.9. The number of carbonyl (C=O) groups excluding carboxylic acids is 1. The SMILES string of the molecule is CC/C(=N/NC(=O)C1CCCC1)c1cccc(Br)c1. The number of halogens is 1. The molecule has 1 aromatic carbocycles. The standard InChI is InChI=1S/C15H19BrN2O/c1-2-14(12-8-5-9-13(16)10-12)17-18-15(19)11-6-3-4-7-11/h5,8-11H,2-4,6-7H2,1H3,(H,18,19)/b17-14-. The van der Waals surface area contributed by atoms with Crippen LogP contribution in [0.25, 0.3) is 0 Å². The Bertz CT molecular complexity index is 479. The number of nitrogens with zero attached hydrogens (tertiary/aromatic N) is 1. The minimum Gasteiger partial charge on any atom is -0.273 e. The van der Waals surface area contributed by atoms with Crippen LogP contribution in [0.15, 0.2) is 33.8 Å². The first-order valence-corrected chi connectivity index (χ1v) is 7.62. The second kappa shape index (κ2) is 6.85. The van der Waals surface area contributed by atoms with Crippen LogP contribution >= 0.6 is 15.9 Å². The second-order valence-corrected chi connectivity index (χ2v) is 5.80. The molecule has 1 saturated carbocycles. The molecule has 0 saturated heterocycles. The monoisotopic (exact) mass is 322 g/mol. The molecule has 2 rings (SSSR count). The van der Waals surface area contributed by atoms with Gasteiger partial charge in [-0.1, -0.05) is 47.8 Å². The van der Waals surface area contributed by atoms with Crippen LogP contribution in [0.1, 0.15) is 44.6 Å². The number of hydrazone groups is 1. The van der Waals surface area contributed by atoms with Crippen molar-refractivity contribution in [1.29, 1.82) is 0 Å². The van der Waals surface area contributed by atoms with Gasteiger partial charge >= 0.3 is 0 Å². The summed E-state index contributed by atoms with van der Waals surface area (Å²) in [5.74, 6) is 0.225. The van der Waals surface area contributed by atoms with E-state index in [4.69, 9.17) is 0 Å². The van der Waals surface area contributed by atoms with Crippen molar-refractivity contribution in [3.05, 3.63) is 34.3 Å². The first kappa shape index (κ1) is 14.3. The lowest BCUT2D eigenvalue weighted by molar-refractivity contribution is -0.124. The second-order valence-electron chi connectivity index (χ2n) is 4.88. The van der Waals surface area contributed by atoms with Gasteiger partial charge in [-0.2, -0.15) is 5.10 Å². The molecule has 1 aliphatic rings. The zero-order chi connectivity index (χ0) is 13.7. The van der Waals surface area contributed by atoms with Gasteiger partial charge < -0.3 is 0 Å². The zero-order valence-corrected chi connectivity index (χ0v) is 12.7. The third-order valence-electron chi connectivity index (χ3n) is 3.52. The highest BCUT2D eigenvalue weighted by Gasteiger charge is 2.22. The largest absolute Gasteiger partial charge is 0.273 e. The zero-order valence-electron chi connectivity index (χ0n) is 11.2. The molecule has 0 unspecified atom stereocenters. The van der Waals surface area contributed by atoms with E-state index in [0.717, 1.165) is 47.9 Å². The number of nitrogens with one attached hydrogen (secondary N) is 1. The number of benzene rings is 1. The van der Waals surface area contributed by atoms with E-state index in [-0.39, 0.29) is 11.8 Å². The normalized spacial score (nSPS) is 16.6. The van der Waals surface area contributed by atoms with Crippen LogP contribution in [-0.4, -0.2) is 11.6 Å². The van der Waals surface area contributed by atoms with Crippen LogP contribution in [-0.2, 0) is 4.79 Å². The third kappa shape index (κ3) is 3.90. The summed E-state index contributed by atoms with van der Waals surface area (Å²) in [7, 11) is 0. The van der Waals surface area contributed by atoms with Crippen LogP contribution < -0.4 is 5.43 Å². The predicted molar refractivity (Wildman–Crippen MR) is 81.1 cm³/mol. The van der Waals surface area contributed by atoms with Crippen molar-refractivity contribution in [3.63, 3.8) is 0 Å². The summed E-state index contributed by atoms with van der Waals surface area (Å²) in [5, 5.41) is 4.29. The first-order chi connectivity index (χ1) is 9.20. The minimum atomic E-state index is 0.0680. The van der Waals surface area contributed by atoms with E-state index in [1.54, 1.807) is 0 Å². The molecule has 1 N–H and O–H groups in total. The molecule has 1 amide bonds. The molecule has 0 radical (unpaired) electrons. The lowest BCUT2D eigenvalue weighted by Gasteiger charge is -2.09. The molecule has 3 nitrogen and oxygen atoms in total. The Morgan fingerprint density at radius 3 is 2.79 bits per heavy atom. The van der Waals surface area contributed by atoms with Crippen LogP contribution in [0.3, 0.4) is 0 Å². The fourth-order valence-electron chi connectivity index (χ4n) is 2.42. The Kier molecular flexibility index (Phi) is 5.14. The molecule has 1 fully saturated rings. The number of hydrogen-bond acceptors (Lipinski definition) is 2. The van der Waals surface area contributed by atoms with Crippen molar-refractivity contribution in [2.45, 2.75) is 39.0 Å². The van der Waals surface area contributed by atoms with Gasteiger partial charge in [0, 0.05) is 10.4 Å². The van der Waals surface area contributed by atoms with E-state index in [0.29, 0.717) is 0 Å². The fraction of sp³-hybridized carbons (Fsp3) is 0.467. The summed E-state index contributed by atoms with van der Waals surface area (Å²) in [6.07, 6.45) is 5.11. The van der Waals surface area contributed by atoms with Crippen LogP contribution in [0.4, 0.5) is 0 Å². The van der Waals surface area contributed by atoms with Crippen molar-refractivity contribution >= 4 is 27.5 Å². The average molecular weight is 323 g/mol. The quantitative estimate of drug-likeness (QED) is 0.663. The van der Waals surface area contributed by atoms with Gasteiger partial charge in [0.15, 0.2) is 0 Å². The van der Waals surface area contributed by atoms with E-state index < -0.39 is 0 Å². The predicted octanol–water partition coefficient (Wildman–Crippen LogP) is 3.87. The number of amides is 1. The van der Waals surface area contributed by atoms with Gasteiger partial charge in [-0.3, -0.25) is 4.79 Å². The maximum absolute atomic E-state index is 11.9. The Hall–Kier alpha value is -1.16. The van der Waals surface area contributed by atoms with Gasteiger partial charge in [-0.25, -0.2) is 5.43 Å². The molecular weight excluding hydrogens is 304 g/mol. The smallest absolute Gasteiger partial charge is 0.243 e. The summed E-state index contributed by atoms with van der Waals surface area (Å²) in [6, 6.07) is 7.98. The van der Waals surface area contributed by atoms with Gasteiger partial charge in [0.05, 0.1) is 5.71 Å². The van der Waals surface area contributed by atoms with Gasteiger partial charge in [0.1, 0.15) is 0 Å². The Morgan fingerprint density at radius 1 is 1.42 bits per heavy atom. The summed E-state index contributed by atoms with van der Waals surface area (Å²) < 4.78 is 1.02. The maximum Gasteiger partial charge on any atom is 0.243 e. The number of carbonyl (C=O) groups is 1. The molecule has 0 atom stereocenters. The van der Waals surface area contributed by atoms with E-state index in [9.17, 15) is 4.79 Å². The third-order valence-corrected chi connectivity index (χ3v) is 4.01. The van der Waals surface area contributed by atoms with E-state index in [1.807, 2.05) is 31.2 Å². The molecule has 0 bridgehead atoms. The van der Waals surface area contributed by atoms with Gasteiger partial charge in [0.25, 0.3) is 0 Å². The maximum atomic E-state index is 11.9. The molecule has 1 aromatic rings. The highest BCUT2D eigenvalue weighted by molar-refractivity contribution is 9.10. The summed E-state index contributed by atoms with van der Waals surface area (Å²) in [4.78, 5) is 11.9. The Labute approximate surface area is 122 Å². The summed E-state index contributed by atoms with van der Waals surface area (Å²) in [6.45, 7) is 2.04. The van der Waals surface area contributed by atoms with Gasteiger partial charge in [-0.05, 0) is 37.0 Å². The molecular formula is C15H19BrN2O. The molecule has 102 valence electrons. The molecule has 19 heavy (non-hydrogen) atoms. The Morgan fingerprint density at radius 2 is 2.16 bits per heavy atom. The van der Waals surface area contributed by atoms with E-state index in [2.05, 4.69) is 26.5 Å². The number of hydrogen-bond donors (Lipinski definition) is 1. The van der Waals surface area contributed by atoms with Crippen LogP contribution in [0.5, 0.6) is 0 Å². The molecule has 0 aliphatic heterocycles. The molecule has 0 spiro atoms. The van der Waals surface area contributed by atoms with Crippen molar-refractivity contribution in [2.24, 2.45) is 11.0 Å². The summed E-state index contributed by atoms with van der Waals surface area (Å²) >= 11 is 3.45. The molecule has 1 aliphatic carbocycles. The van der Waals surface area contributed by atoms with Crippen molar-refractivity contribution in [1.82, 2.24) is 5.43 Å². The van der Waals surface area contributed by atoms with E-state index in [1.165, 1.54) is 0 Å². The molecule has 0 heterocycles. The lowest BCUT2D eigenvalue weighted by atomic mass is 10.1. The molecule has 0 aromatic heterocycles. The topological polar surface area (TPSA) is 41.5 Å². The lowest BCUT2D eigenvalue weighted by Crippen LogP contribution is -2.26. The summed E-state index contributed by atoms with van der Waals surface area (Å²) in [5.41, 5.74) is 4.68. The van der Waals surface area contributed by atoms with Crippen molar-refractivity contribution in [2.75, 3.05) is 0 Å². The van der Waals surface area contributed by atoms with Gasteiger partial charge in [-0.15, -0.1) is 0 Å². The van der Waals surface area contributed by atoms with Gasteiger partial charge in [0.2, 0.25) is 5.91 Å². The Balaban J connectivity index is 2.04. The van der Waals surface area contributed by atoms with Crippen molar-refractivity contribution in [3.8, 4) is 0 Å². The van der Waals surface area contributed by atoms with Crippen LogP contribution in [0, 0.1) is 5.92 Å². The number of rotatable bonds is 4. The van der Waals surface area contributed by atoms with Crippen molar-refractivity contribution < 1.29 is 4.79 Å². The highest BCUT2D eigenvalue weighted by Crippen LogP contribution is 2.24.